The Morgan fingerprint density at radius 1 is 1.16 bits per heavy atom. The molecule has 13 heteroatoms. The van der Waals surface area contributed by atoms with Gasteiger partial charge in [0, 0.05) is 50.0 Å². The van der Waals surface area contributed by atoms with Crippen LogP contribution in [0.25, 0.3) is 0 Å². The third kappa shape index (κ3) is 6.28. The first-order chi connectivity index (χ1) is 14.6. The van der Waals surface area contributed by atoms with Gasteiger partial charge in [-0.15, -0.1) is 13.2 Å². The Labute approximate surface area is 176 Å². The van der Waals surface area contributed by atoms with Crippen LogP contribution < -0.4 is 9.46 Å². The molecule has 2 aromatic rings. The molecule has 0 unspecified atom stereocenters. The van der Waals surface area contributed by atoms with E-state index in [1.54, 1.807) is 6.07 Å². The highest BCUT2D eigenvalue weighted by Crippen LogP contribution is 2.32. The lowest BCUT2D eigenvalue weighted by atomic mass is 10.1. The zero-order valence-corrected chi connectivity index (χ0v) is 16.8. The number of halogens is 4. The predicted molar refractivity (Wildman–Crippen MR) is 102 cm³/mol. The molecule has 168 valence electrons. The van der Waals surface area contributed by atoms with Crippen molar-refractivity contribution in [2.45, 2.75) is 12.9 Å². The minimum atomic E-state index is -5.07. The highest BCUT2D eigenvalue weighted by Gasteiger charge is 2.33. The van der Waals surface area contributed by atoms with Crippen LogP contribution in [0.4, 0.5) is 23.2 Å². The number of nitrogens with one attached hydrogen (secondary N) is 1. The quantitative estimate of drug-likeness (QED) is 0.504. The van der Waals surface area contributed by atoms with Gasteiger partial charge in [-0.2, -0.15) is 0 Å². The summed E-state index contributed by atoms with van der Waals surface area (Å²) in [4.78, 5) is 19.8. The molecule has 1 N–H and O–H groups in total. The zero-order valence-electron chi connectivity index (χ0n) is 15.9. The Balaban J connectivity index is 1.68. The summed E-state index contributed by atoms with van der Waals surface area (Å²) in [6.07, 6.45) is -2.46. The number of anilines is 1. The van der Waals surface area contributed by atoms with E-state index in [0.717, 1.165) is 18.3 Å². The summed E-state index contributed by atoms with van der Waals surface area (Å²) in [6.45, 7) is 1.79. The molecule has 1 amide bonds. The fourth-order valence-corrected chi connectivity index (χ4v) is 3.50. The van der Waals surface area contributed by atoms with Crippen LogP contribution in [0, 0.1) is 5.82 Å². The van der Waals surface area contributed by atoms with Gasteiger partial charge in [0.25, 0.3) is 5.91 Å². The molecule has 1 aromatic carbocycles. The lowest BCUT2D eigenvalue weighted by Crippen LogP contribution is -2.48. The molecule has 1 saturated heterocycles. The highest BCUT2D eigenvalue weighted by molar-refractivity contribution is 7.73. The number of amides is 1. The summed E-state index contributed by atoms with van der Waals surface area (Å²) in [6, 6.07) is 4.66. The maximum atomic E-state index is 13.7. The third-order valence-electron chi connectivity index (χ3n) is 4.58. The number of hydrogen-bond acceptors (Lipinski definition) is 6. The van der Waals surface area contributed by atoms with Crippen LogP contribution in [-0.2, 0) is 17.4 Å². The number of hydrogen-bond donors (Lipinski definition) is 2. The van der Waals surface area contributed by atoms with Gasteiger partial charge in [0.05, 0.1) is 11.9 Å². The van der Waals surface area contributed by atoms with Gasteiger partial charge in [-0.05, 0) is 24.3 Å². The zero-order chi connectivity index (χ0) is 22.6. The molecule has 0 radical (unpaired) electrons. The van der Waals surface area contributed by atoms with E-state index in [-0.39, 0.29) is 18.7 Å². The highest BCUT2D eigenvalue weighted by atomic mass is 32.2. The normalized spacial score (nSPS) is 15.2. The number of pyridine rings is 1. The maximum absolute atomic E-state index is 13.7. The Hall–Kier alpha value is -2.93. The minimum absolute atomic E-state index is 0.0837. The van der Waals surface area contributed by atoms with Crippen molar-refractivity contribution in [2.24, 2.45) is 0 Å². The number of ether oxygens (including phenoxy) is 1. The van der Waals surface area contributed by atoms with Crippen molar-refractivity contribution in [1.29, 1.82) is 0 Å². The van der Waals surface area contributed by atoms with Gasteiger partial charge in [-0.1, -0.05) is 0 Å². The van der Waals surface area contributed by atoms with E-state index in [4.69, 9.17) is 0 Å². The Morgan fingerprint density at radius 3 is 2.48 bits per heavy atom. The average molecular weight is 462 g/mol. The van der Waals surface area contributed by atoms with Crippen molar-refractivity contribution in [2.75, 3.05) is 30.9 Å². The van der Waals surface area contributed by atoms with Crippen LogP contribution in [0.1, 0.15) is 15.9 Å². The second-order valence-electron chi connectivity index (χ2n) is 6.66. The Morgan fingerprint density at radius 2 is 1.87 bits per heavy atom. The van der Waals surface area contributed by atoms with E-state index in [1.807, 2.05) is 9.62 Å². The first kappa shape index (κ1) is 22.7. The van der Waals surface area contributed by atoms with E-state index < -0.39 is 40.4 Å². The van der Waals surface area contributed by atoms with Gasteiger partial charge in [-0.25, -0.2) is 12.8 Å². The first-order valence-corrected chi connectivity index (χ1v) is 10.2. The van der Waals surface area contributed by atoms with Gasteiger partial charge in [-0.3, -0.25) is 19.4 Å². The Bertz CT molecular complexity index is 1020. The molecule has 0 bridgehead atoms. The molecule has 0 spiro atoms. The van der Waals surface area contributed by atoms with E-state index in [2.05, 4.69) is 9.72 Å². The van der Waals surface area contributed by atoms with E-state index in [0.29, 0.717) is 25.2 Å². The first-order valence-electron chi connectivity index (χ1n) is 9.03. The van der Waals surface area contributed by atoms with Crippen molar-refractivity contribution >= 4 is 22.5 Å². The fraction of sp³-hybridized carbons (Fsp3) is 0.333. The third-order valence-corrected chi connectivity index (χ3v) is 5.00. The molecule has 31 heavy (non-hydrogen) atoms. The van der Waals surface area contributed by atoms with Crippen molar-refractivity contribution in [1.82, 2.24) is 14.8 Å². The second-order valence-corrected chi connectivity index (χ2v) is 7.40. The molecule has 1 aromatic heterocycles. The molecule has 8 nitrogen and oxygen atoms in total. The summed E-state index contributed by atoms with van der Waals surface area (Å²) >= 11 is 0. The second kappa shape index (κ2) is 9.47. The molecule has 1 aliphatic heterocycles. The van der Waals surface area contributed by atoms with Crippen LogP contribution in [0.3, 0.4) is 0 Å². The monoisotopic (exact) mass is 462 g/mol. The number of rotatable bonds is 6. The number of thiol groups is 1. The maximum Gasteiger partial charge on any atom is 0.573 e. The van der Waals surface area contributed by atoms with Gasteiger partial charge in [0.15, 0.2) is 5.75 Å². The number of carbonyl (C=O) groups excluding carboxylic acids is 1. The molecule has 2 heterocycles. The van der Waals surface area contributed by atoms with Crippen molar-refractivity contribution in [3.8, 4) is 5.75 Å². The van der Waals surface area contributed by atoms with E-state index in [9.17, 15) is 30.8 Å². The number of alkyl halides is 3. The van der Waals surface area contributed by atoms with Crippen molar-refractivity contribution < 1.29 is 35.5 Å². The summed E-state index contributed by atoms with van der Waals surface area (Å²) in [5.41, 5.74) is -0.0442. The number of benzene rings is 1. The molecule has 0 saturated carbocycles. The number of aromatic nitrogens is 1. The fourth-order valence-electron chi connectivity index (χ4n) is 3.12. The largest absolute Gasteiger partial charge is 0.573 e. The van der Waals surface area contributed by atoms with Crippen molar-refractivity contribution in [3.05, 3.63) is 53.6 Å². The molecule has 0 aliphatic carbocycles. The van der Waals surface area contributed by atoms with Crippen LogP contribution in [-0.4, -0.2) is 61.7 Å². The van der Waals surface area contributed by atoms with Crippen LogP contribution in [0.5, 0.6) is 5.75 Å². The standard InChI is InChI=1S/C18H18F4N4O4S/c19-14-10-23-4-3-13(14)11-25-5-7-26(8-6-25)17(27)12-1-2-15(24-31(28)29)16(9-12)30-18(20,21)22/h1-4,9-10,31H,5-8,11H2,(H,24,28,29). The van der Waals surface area contributed by atoms with Crippen LogP contribution >= 0.6 is 0 Å². The minimum Gasteiger partial charge on any atom is -0.404 e. The van der Waals surface area contributed by atoms with E-state index in [1.165, 1.54) is 17.2 Å². The summed E-state index contributed by atoms with van der Waals surface area (Å²) in [5, 5.41) is 0. The predicted octanol–water partition coefficient (Wildman–Crippen LogP) is 2.02. The smallest absolute Gasteiger partial charge is 0.404 e. The van der Waals surface area contributed by atoms with Gasteiger partial charge < -0.3 is 9.64 Å². The SMILES string of the molecule is O=C(c1ccc(N[SH](=O)=O)c(OC(F)(F)F)c1)N1CCN(Cc2ccncc2F)CC1. The summed E-state index contributed by atoms with van der Waals surface area (Å²) in [5.74, 6) is -1.78. The number of carbonyl (C=O) groups is 1. The molecular weight excluding hydrogens is 444 g/mol. The molecule has 1 aliphatic rings. The number of nitrogens with zero attached hydrogens (tertiary/aromatic N) is 3. The van der Waals surface area contributed by atoms with Crippen molar-refractivity contribution in [3.63, 3.8) is 0 Å². The molecule has 0 atom stereocenters. The topological polar surface area (TPSA) is 91.8 Å². The lowest BCUT2D eigenvalue weighted by Gasteiger charge is -2.35. The van der Waals surface area contributed by atoms with E-state index >= 15 is 0 Å². The van der Waals surface area contributed by atoms with Crippen LogP contribution in [0.2, 0.25) is 0 Å². The lowest BCUT2D eigenvalue weighted by molar-refractivity contribution is -0.274. The summed E-state index contributed by atoms with van der Waals surface area (Å²) in [7, 11) is -3.23. The van der Waals surface area contributed by atoms with Gasteiger partial charge in [0.1, 0.15) is 5.82 Å². The number of piperazine rings is 1. The average Bonchev–Trinajstić information content (AvgIpc) is 2.70. The summed E-state index contributed by atoms with van der Waals surface area (Å²) < 4.78 is 79.1. The van der Waals surface area contributed by atoms with Gasteiger partial charge >= 0.3 is 6.36 Å². The molecule has 1 fully saturated rings. The Kier molecular flexibility index (Phi) is 6.95. The molecular formula is C18H18F4N4O4S. The molecule has 3 rings (SSSR count). The van der Waals surface area contributed by atoms with Crippen LogP contribution in [0.15, 0.2) is 36.7 Å². The van der Waals surface area contributed by atoms with Gasteiger partial charge in [0.2, 0.25) is 10.9 Å².